The second-order valence-electron chi connectivity index (χ2n) is 6.38. The molecule has 0 amide bonds. The molecule has 0 bridgehead atoms. The zero-order valence-electron chi connectivity index (χ0n) is 15.5. The van der Waals surface area contributed by atoms with E-state index in [0.717, 1.165) is 12.8 Å². The number of rotatable bonds is 16. The Labute approximate surface area is 186 Å². The molecule has 5 nitrogen and oxygen atoms in total. The Hall–Kier alpha value is 0.0387. The molecule has 0 aromatic heterocycles. The predicted octanol–water partition coefficient (Wildman–Crippen LogP) is 4.45. The van der Waals surface area contributed by atoms with Crippen molar-refractivity contribution in [2.24, 2.45) is 0 Å². The minimum Gasteiger partial charge on any atom is -0.481 e. The second kappa shape index (κ2) is 29.8. The Kier molecular flexibility index (Phi) is 38.5. The quantitative estimate of drug-likeness (QED) is 0.262. The van der Waals surface area contributed by atoms with Gasteiger partial charge in [0.05, 0.1) is 0 Å². The average Bonchev–Trinajstić information content (AvgIpc) is 2.50. The van der Waals surface area contributed by atoms with Crippen LogP contribution in [0.5, 0.6) is 0 Å². The van der Waals surface area contributed by atoms with Crippen LogP contribution in [0, 0.1) is 0 Å². The van der Waals surface area contributed by atoms with Crippen LogP contribution in [-0.2, 0) is 4.79 Å². The molecule has 0 aromatic carbocycles. The van der Waals surface area contributed by atoms with Gasteiger partial charge in [0, 0.05) is 6.42 Å². The van der Waals surface area contributed by atoms with E-state index in [-0.39, 0.29) is 40.4 Å². The van der Waals surface area contributed by atoms with Crippen LogP contribution in [0.1, 0.15) is 110 Å². The summed E-state index contributed by atoms with van der Waals surface area (Å²) in [4.78, 5) is 18.9. The molecule has 0 aromatic rings. The van der Waals surface area contributed by atoms with Gasteiger partial charge in [-0.1, -0.05) is 96.8 Å². The first-order valence-corrected chi connectivity index (χ1v) is 9.64. The van der Waals surface area contributed by atoms with Crippen molar-refractivity contribution in [3.8, 4) is 0 Å². The Balaban J connectivity index is -0.000000363. The number of hydrogen-bond acceptors (Lipinski definition) is 2. The molecule has 0 aliphatic rings. The minimum absolute atomic E-state index is 0. The SMILES string of the molecule is CCCCCCCCCCCCCCCCCC(=O)O.O=C(O)O.[AlH3].[MgH2]. The van der Waals surface area contributed by atoms with Gasteiger partial charge in [0.25, 0.3) is 0 Å². The van der Waals surface area contributed by atoms with Crippen LogP contribution in [0.4, 0.5) is 4.79 Å². The fourth-order valence-electron chi connectivity index (χ4n) is 2.65. The van der Waals surface area contributed by atoms with Crippen molar-refractivity contribution >= 4 is 52.5 Å². The maximum Gasteiger partial charge on any atom is 0.503 e. The summed E-state index contributed by atoms with van der Waals surface area (Å²) in [6.45, 7) is 2.27. The lowest BCUT2D eigenvalue weighted by Crippen LogP contribution is -1.93. The summed E-state index contributed by atoms with van der Waals surface area (Å²) in [6.07, 6.45) is 18.4. The topological polar surface area (TPSA) is 94.8 Å². The van der Waals surface area contributed by atoms with Gasteiger partial charge in [0.1, 0.15) is 0 Å². The molecule has 26 heavy (non-hydrogen) atoms. The van der Waals surface area contributed by atoms with E-state index in [2.05, 4.69) is 6.92 Å². The minimum atomic E-state index is -1.83. The Morgan fingerprint density at radius 2 is 0.808 bits per heavy atom. The van der Waals surface area contributed by atoms with Crippen molar-refractivity contribution in [2.75, 3.05) is 0 Å². The lowest BCUT2D eigenvalue weighted by atomic mass is 10.0. The Morgan fingerprint density at radius 1 is 0.577 bits per heavy atom. The van der Waals surface area contributed by atoms with Crippen molar-refractivity contribution in [1.82, 2.24) is 0 Å². The number of carboxylic acid groups (broad SMARTS) is 3. The molecule has 0 radical (unpaired) electrons. The Morgan fingerprint density at radius 3 is 1.04 bits per heavy atom. The second-order valence-corrected chi connectivity index (χ2v) is 6.38. The van der Waals surface area contributed by atoms with E-state index in [0.29, 0.717) is 6.42 Å². The van der Waals surface area contributed by atoms with Crippen LogP contribution in [-0.4, -0.2) is 67.9 Å². The molecule has 0 unspecified atom stereocenters. The molecule has 0 fully saturated rings. The first-order chi connectivity index (χ1) is 11.5. The fraction of sp³-hybridized carbons (Fsp3) is 0.895. The highest BCUT2D eigenvalue weighted by Gasteiger charge is 1.97. The van der Waals surface area contributed by atoms with E-state index in [1.807, 2.05) is 0 Å². The van der Waals surface area contributed by atoms with E-state index in [9.17, 15) is 4.79 Å². The van der Waals surface area contributed by atoms with Crippen LogP contribution in [0.2, 0.25) is 0 Å². The summed E-state index contributed by atoms with van der Waals surface area (Å²) in [7, 11) is 0. The van der Waals surface area contributed by atoms with Crippen LogP contribution in [0.3, 0.4) is 0 Å². The monoisotopic (exact) mass is 402 g/mol. The standard InChI is InChI=1S/C18H36O2.CH2O3.Al.Mg.5H/c1-2-3-4-5-6-7-8-9-10-11-12-13-14-15-16-17-18(19)20;2-1(3)4;;;;;;;/h2-17H2,1H3,(H,19,20);(H2,2,3,4);;;;;;;. The van der Waals surface area contributed by atoms with E-state index < -0.39 is 12.1 Å². The number of hydrogen-bond donors (Lipinski definition) is 3. The highest BCUT2D eigenvalue weighted by molar-refractivity contribution is 5.76. The molecule has 0 aliphatic carbocycles. The molecule has 0 aliphatic heterocycles. The lowest BCUT2D eigenvalue weighted by Gasteiger charge is -2.03. The smallest absolute Gasteiger partial charge is 0.481 e. The maximum atomic E-state index is 10.3. The predicted molar refractivity (Wildman–Crippen MR) is 116 cm³/mol. The molecular formula is C19H43AlMgO5. The van der Waals surface area contributed by atoms with E-state index in [4.69, 9.17) is 20.1 Å². The summed E-state index contributed by atoms with van der Waals surface area (Å²) in [5, 5.41) is 22.5. The van der Waals surface area contributed by atoms with Gasteiger partial charge < -0.3 is 15.3 Å². The maximum absolute atomic E-state index is 10.3. The van der Waals surface area contributed by atoms with Crippen LogP contribution < -0.4 is 0 Å². The van der Waals surface area contributed by atoms with Crippen molar-refractivity contribution in [3.05, 3.63) is 0 Å². The van der Waals surface area contributed by atoms with Crippen molar-refractivity contribution < 1.29 is 24.9 Å². The van der Waals surface area contributed by atoms with Crippen molar-refractivity contribution in [3.63, 3.8) is 0 Å². The molecular weight excluding hydrogens is 359 g/mol. The molecule has 154 valence electrons. The van der Waals surface area contributed by atoms with E-state index >= 15 is 0 Å². The first kappa shape index (κ1) is 33.6. The van der Waals surface area contributed by atoms with Crippen LogP contribution in [0.15, 0.2) is 0 Å². The van der Waals surface area contributed by atoms with Crippen molar-refractivity contribution in [1.29, 1.82) is 0 Å². The van der Waals surface area contributed by atoms with E-state index in [1.54, 1.807) is 0 Å². The van der Waals surface area contributed by atoms with Gasteiger partial charge in [-0.2, -0.15) is 0 Å². The van der Waals surface area contributed by atoms with Gasteiger partial charge in [0.2, 0.25) is 0 Å². The number of aliphatic carboxylic acids is 1. The summed E-state index contributed by atoms with van der Waals surface area (Å²) in [5.41, 5.74) is 0. The largest absolute Gasteiger partial charge is 0.503 e. The van der Waals surface area contributed by atoms with E-state index in [1.165, 1.54) is 83.5 Å². The molecule has 0 rings (SSSR count). The van der Waals surface area contributed by atoms with Crippen molar-refractivity contribution in [2.45, 2.75) is 110 Å². The molecule has 0 saturated heterocycles. The van der Waals surface area contributed by atoms with Gasteiger partial charge in [-0.15, -0.1) is 0 Å². The van der Waals surface area contributed by atoms with Gasteiger partial charge in [-0.05, 0) is 6.42 Å². The van der Waals surface area contributed by atoms with Gasteiger partial charge in [-0.3, -0.25) is 4.79 Å². The highest BCUT2D eigenvalue weighted by atomic mass is 27.0. The molecule has 7 heteroatoms. The molecule has 0 heterocycles. The average molecular weight is 403 g/mol. The summed E-state index contributed by atoms with van der Waals surface area (Å²) in [6, 6.07) is 0. The summed E-state index contributed by atoms with van der Waals surface area (Å²) >= 11 is 0. The zero-order chi connectivity index (χ0) is 18.5. The van der Waals surface area contributed by atoms with Crippen LogP contribution in [0.25, 0.3) is 0 Å². The van der Waals surface area contributed by atoms with Crippen LogP contribution >= 0.6 is 0 Å². The van der Waals surface area contributed by atoms with Gasteiger partial charge >= 0.3 is 35.2 Å². The number of carbonyl (C=O) groups is 2. The third-order valence-electron chi connectivity index (χ3n) is 3.99. The molecule has 0 atom stereocenters. The fourth-order valence-corrected chi connectivity index (χ4v) is 2.65. The zero-order valence-corrected chi connectivity index (χ0v) is 15.5. The number of unbranched alkanes of at least 4 members (excludes halogenated alkanes) is 14. The highest BCUT2D eigenvalue weighted by Crippen LogP contribution is 2.13. The summed E-state index contributed by atoms with van der Waals surface area (Å²) < 4.78 is 0. The summed E-state index contributed by atoms with van der Waals surface area (Å²) in [5.74, 6) is -0.653. The number of carboxylic acids is 1. The van der Waals surface area contributed by atoms with Gasteiger partial charge in [-0.25, -0.2) is 4.79 Å². The molecule has 0 saturated carbocycles. The van der Waals surface area contributed by atoms with Gasteiger partial charge in [0.15, 0.2) is 17.4 Å². The third kappa shape index (κ3) is 43.9. The normalized spacial score (nSPS) is 9.27. The molecule has 0 spiro atoms. The third-order valence-corrected chi connectivity index (χ3v) is 3.99. The lowest BCUT2D eigenvalue weighted by molar-refractivity contribution is -0.137. The first-order valence-electron chi connectivity index (χ1n) is 9.64. The molecule has 3 N–H and O–H groups in total. The Bertz CT molecular complexity index is 287.